The lowest BCUT2D eigenvalue weighted by Gasteiger charge is -2.26. The summed E-state index contributed by atoms with van der Waals surface area (Å²) in [6.07, 6.45) is -3.09. The molecule has 0 aliphatic carbocycles. The highest BCUT2D eigenvalue weighted by molar-refractivity contribution is 7.79. The fraction of sp³-hybridized carbons (Fsp3) is 0.400. The highest BCUT2D eigenvalue weighted by Crippen LogP contribution is 2.16. The molecule has 0 aliphatic rings. The van der Waals surface area contributed by atoms with Gasteiger partial charge in [-0.3, -0.25) is 9.11 Å². The van der Waals surface area contributed by atoms with Crippen LogP contribution in [-0.2, 0) is 10.4 Å². The molecular formula is C10H18N2O8S. The van der Waals surface area contributed by atoms with Crippen LogP contribution in [0, 0.1) is 0 Å². The maximum atomic E-state index is 8.88. The number of benzene rings is 1. The Morgan fingerprint density at radius 1 is 0.952 bits per heavy atom. The van der Waals surface area contributed by atoms with Gasteiger partial charge in [0.1, 0.15) is 0 Å². The number of nitrogen functional groups attached to an aromatic ring is 1. The molecule has 0 bridgehead atoms. The van der Waals surface area contributed by atoms with Crippen molar-refractivity contribution in [1.29, 1.82) is 0 Å². The van der Waals surface area contributed by atoms with E-state index in [0.29, 0.717) is 11.4 Å². The van der Waals surface area contributed by atoms with Gasteiger partial charge in [0.25, 0.3) is 0 Å². The largest absolute Gasteiger partial charge is 0.399 e. The van der Waals surface area contributed by atoms with E-state index in [1.807, 2.05) is 0 Å². The number of hydrogen-bond donors (Lipinski definition) is 7. The number of nitrogens with zero attached hydrogens (tertiary/aromatic N) is 1. The van der Waals surface area contributed by atoms with Crippen LogP contribution >= 0.6 is 0 Å². The maximum absolute atomic E-state index is 8.88. The second-order valence-electron chi connectivity index (χ2n) is 3.91. The van der Waals surface area contributed by atoms with Crippen molar-refractivity contribution in [3.8, 4) is 0 Å². The number of anilines is 2. The minimum Gasteiger partial charge on any atom is -0.399 e. The third-order valence-corrected chi connectivity index (χ3v) is 2.03. The first-order valence-corrected chi connectivity index (χ1v) is 6.91. The van der Waals surface area contributed by atoms with Crippen LogP contribution in [0.1, 0.15) is 0 Å². The Morgan fingerprint density at radius 2 is 1.29 bits per heavy atom. The first-order chi connectivity index (χ1) is 9.49. The molecule has 10 nitrogen and oxygen atoms in total. The van der Waals surface area contributed by atoms with Crippen molar-refractivity contribution < 1.29 is 37.9 Å². The van der Waals surface area contributed by atoms with Crippen LogP contribution in [0.2, 0.25) is 0 Å². The Kier molecular flexibility index (Phi) is 8.12. The van der Waals surface area contributed by atoms with Gasteiger partial charge in [0, 0.05) is 11.4 Å². The van der Waals surface area contributed by atoms with Crippen molar-refractivity contribution in [3.05, 3.63) is 24.3 Å². The van der Waals surface area contributed by atoms with Crippen LogP contribution in [-0.4, -0.2) is 63.6 Å². The van der Waals surface area contributed by atoms with Crippen molar-refractivity contribution in [2.24, 2.45) is 0 Å². The monoisotopic (exact) mass is 326 g/mol. The molecule has 0 spiro atoms. The van der Waals surface area contributed by atoms with Crippen molar-refractivity contribution in [2.75, 3.05) is 23.7 Å². The Balaban J connectivity index is 0.000000690. The molecule has 0 saturated heterocycles. The van der Waals surface area contributed by atoms with Gasteiger partial charge in [0.15, 0.2) is 12.6 Å². The quantitative estimate of drug-likeness (QED) is 0.182. The van der Waals surface area contributed by atoms with E-state index in [9.17, 15) is 0 Å². The number of aliphatic hydroxyl groups is 4. The topological polar surface area (TPSA) is 185 Å². The summed E-state index contributed by atoms with van der Waals surface area (Å²) in [5, 5.41) is 35.5. The van der Waals surface area contributed by atoms with Crippen LogP contribution < -0.4 is 10.6 Å². The van der Waals surface area contributed by atoms with Gasteiger partial charge in [-0.05, 0) is 24.3 Å². The van der Waals surface area contributed by atoms with Gasteiger partial charge in [0.05, 0.1) is 13.1 Å². The van der Waals surface area contributed by atoms with Gasteiger partial charge in [0.2, 0.25) is 0 Å². The normalized spacial score (nSPS) is 11.2. The van der Waals surface area contributed by atoms with Gasteiger partial charge >= 0.3 is 10.4 Å². The molecule has 1 aromatic carbocycles. The molecule has 0 saturated carbocycles. The second-order valence-corrected chi connectivity index (χ2v) is 4.80. The van der Waals surface area contributed by atoms with Gasteiger partial charge in [-0.2, -0.15) is 8.42 Å². The van der Waals surface area contributed by atoms with Gasteiger partial charge in [-0.25, -0.2) is 0 Å². The van der Waals surface area contributed by atoms with Crippen molar-refractivity contribution in [2.45, 2.75) is 12.6 Å². The fourth-order valence-electron chi connectivity index (χ4n) is 1.36. The van der Waals surface area contributed by atoms with E-state index < -0.39 is 23.0 Å². The van der Waals surface area contributed by atoms with Crippen LogP contribution in [0.5, 0.6) is 0 Å². The number of aliphatic hydroxyl groups excluding tert-OH is 2. The predicted octanol–water partition coefficient (Wildman–Crippen LogP) is -1.96. The van der Waals surface area contributed by atoms with Gasteiger partial charge in [-0.15, -0.1) is 0 Å². The zero-order valence-electron chi connectivity index (χ0n) is 10.8. The lowest BCUT2D eigenvalue weighted by Crippen LogP contribution is -2.38. The smallest absolute Gasteiger partial charge is 0.394 e. The van der Waals surface area contributed by atoms with E-state index in [0.717, 1.165) is 0 Å². The van der Waals surface area contributed by atoms with E-state index >= 15 is 0 Å². The Labute approximate surface area is 121 Å². The average molecular weight is 326 g/mol. The standard InChI is InChI=1S/C10H16N2O4.H2O4S/c11-7-1-3-8(4-2-7)12(5-9(13)14)6-10(15)16;1-5(2,3)4/h1-4,9-10,13-16H,5-6,11H2;(H2,1,2,3,4). The highest BCUT2D eigenvalue weighted by Gasteiger charge is 2.13. The van der Waals surface area contributed by atoms with Crippen molar-refractivity contribution in [3.63, 3.8) is 0 Å². The maximum Gasteiger partial charge on any atom is 0.394 e. The molecule has 0 fully saturated rings. The summed E-state index contributed by atoms with van der Waals surface area (Å²) < 4.78 is 31.6. The Morgan fingerprint density at radius 3 is 1.57 bits per heavy atom. The number of nitrogens with two attached hydrogens (primary N) is 1. The third-order valence-electron chi connectivity index (χ3n) is 2.03. The Bertz CT molecular complexity index is 484. The summed E-state index contributed by atoms with van der Waals surface area (Å²) in [7, 11) is -4.67. The molecule has 1 rings (SSSR count). The first-order valence-electron chi connectivity index (χ1n) is 5.51. The van der Waals surface area contributed by atoms with E-state index in [1.165, 1.54) is 4.90 Å². The fourth-order valence-corrected chi connectivity index (χ4v) is 1.36. The number of hydrogen-bond acceptors (Lipinski definition) is 8. The van der Waals surface area contributed by atoms with E-state index in [1.54, 1.807) is 24.3 Å². The second kappa shape index (κ2) is 8.74. The minimum atomic E-state index is -4.67. The molecule has 0 atom stereocenters. The summed E-state index contributed by atoms with van der Waals surface area (Å²) >= 11 is 0. The van der Waals surface area contributed by atoms with Gasteiger partial charge < -0.3 is 31.1 Å². The van der Waals surface area contributed by atoms with E-state index in [4.69, 9.17) is 43.7 Å². The molecule has 0 amide bonds. The zero-order valence-corrected chi connectivity index (χ0v) is 11.6. The molecule has 0 aromatic heterocycles. The van der Waals surface area contributed by atoms with Crippen LogP contribution in [0.25, 0.3) is 0 Å². The highest BCUT2D eigenvalue weighted by atomic mass is 32.3. The molecule has 0 heterocycles. The summed E-state index contributed by atoms with van der Waals surface area (Å²) in [6, 6.07) is 6.63. The lowest BCUT2D eigenvalue weighted by molar-refractivity contribution is -0.0481. The summed E-state index contributed by atoms with van der Waals surface area (Å²) in [5.74, 6) is 0. The first kappa shape index (κ1) is 19.5. The summed E-state index contributed by atoms with van der Waals surface area (Å²) in [5.41, 5.74) is 6.73. The molecular weight excluding hydrogens is 308 g/mol. The summed E-state index contributed by atoms with van der Waals surface area (Å²) in [6.45, 7) is -0.219. The van der Waals surface area contributed by atoms with E-state index in [-0.39, 0.29) is 13.1 Å². The molecule has 0 aliphatic heterocycles. The van der Waals surface area contributed by atoms with E-state index in [2.05, 4.69) is 0 Å². The number of rotatable bonds is 5. The molecule has 1 aromatic rings. The lowest BCUT2D eigenvalue weighted by atomic mass is 10.2. The minimum absolute atomic E-state index is 0.110. The van der Waals surface area contributed by atoms with Gasteiger partial charge in [-0.1, -0.05) is 0 Å². The van der Waals surface area contributed by atoms with Crippen molar-refractivity contribution in [1.82, 2.24) is 0 Å². The average Bonchev–Trinajstić information content (AvgIpc) is 2.25. The predicted molar refractivity (Wildman–Crippen MR) is 73.7 cm³/mol. The molecule has 122 valence electrons. The molecule has 8 N–H and O–H groups in total. The van der Waals surface area contributed by atoms with Crippen molar-refractivity contribution >= 4 is 21.8 Å². The molecule has 11 heteroatoms. The zero-order chi connectivity index (χ0) is 16.6. The van der Waals surface area contributed by atoms with Crippen LogP contribution in [0.15, 0.2) is 24.3 Å². The molecule has 0 unspecified atom stereocenters. The SMILES string of the molecule is Nc1ccc(N(CC(O)O)CC(O)O)cc1.O=S(=O)(O)O. The summed E-state index contributed by atoms with van der Waals surface area (Å²) in [4.78, 5) is 1.44. The molecule has 21 heavy (non-hydrogen) atoms. The molecule has 0 radical (unpaired) electrons. The van der Waals surface area contributed by atoms with Crippen LogP contribution in [0.4, 0.5) is 11.4 Å². The Hall–Kier alpha value is -1.47. The van der Waals surface area contributed by atoms with Crippen LogP contribution in [0.3, 0.4) is 0 Å². The third kappa shape index (κ3) is 12.0.